The number of phenolic OH excluding ortho intramolecular Hbond substituents is 1. The number of hydrogen-bond acceptors (Lipinski definition) is 2. The third kappa shape index (κ3) is 3.97. The normalized spacial score (nSPS) is 17.0. The topological polar surface area (TPSA) is 29.5 Å². The second-order valence-electron chi connectivity index (χ2n) is 8.03. The number of hydrogen-bond donors (Lipinski definition) is 1. The zero-order chi connectivity index (χ0) is 16.4. The second-order valence-corrected chi connectivity index (χ2v) is 8.03. The van der Waals surface area contributed by atoms with Crippen molar-refractivity contribution in [1.29, 1.82) is 0 Å². The highest BCUT2D eigenvalue weighted by Gasteiger charge is 2.30. The number of rotatable bonds is 6. The van der Waals surface area contributed by atoms with E-state index < -0.39 is 0 Å². The molecule has 0 atom stereocenters. The van der Waals surface area contributed by atoms with Crippen molar-refractivity contribution in [2.75, 3.05) is 0 Å². The van der Waals surface area contributed by atoms with Crippen LogP contribution in [0, 0.1) is 0 Å². The van der Waals surface area contributed by atoms with Gasteiger partial charge in [-0.15, -0.1) is 0 Å². The Balaban J connectivity index is 2.19. The third-order valence-corrected chi connectivity index (χ3v) is 4.99. The van der Waals surface area contributed by atoms with Gasteiger partial charge in [-0.1, -0.05) is 46.5 Å². The molecule has 1 aromatic carbocycles. The van der Waals surface area contributed by atoms with Gasteiger partial charge in [0.2, 0.25) is 0 Å². The minimum atomic E-state index is -0.136. The lowest BCUT2D eigenvalue weighted by Gasteiger charge is -2.34. The van der Waals surface area contributed by atoms with Gasteiger partial charge in [-0.25, -0.2) is 0 Å². The molecule has 2 nitrogen and oxygen atoms in total. The van der Waals surface area contributed by atoms with Gasteiger partial charge in [-0.3, -0.25) is 0 Å². The lowest BCUT2D eigenvalue weighted by Crippen LogP contribution is -2.33. The summed E-state index contributed by atoms with van der Waals surface area (Å²) in [7, 11) is 0. The summed E-state index contributed by atoms with van der Waals surface area (Å²) >= 11 is 0. The minimum absolute atomic E-state index is 0.0746. The molecule has 1 heterocycles. The Bertz CT molecular complexity index is 515. The van der Waals surface area contributed by atoms with Crippen LogP contribution in [0.2, 0.25) is 0 Å². The van der Waals surface area contributed by atoms with E-state index in [1.54, 1.807) is 0 Å². The first-order valence-corrected chi connectivity index (χ1v) is 8.80. The average molecular weight is 304 g/mol. The van der Waals surface area contributed by atoms with Crippen LogP contribution in [-0.2, 0) is 11.8 Å². The molecule has 0 amide bonds. The van der Waals surface area contributed by atoms with Crippen LogP contribution in [0.15, 0.2) is 12.1 Å². The molecule has 0 aromatic heterocycles. The van der Waals surface area contributed by atoms with E-state index in [1.807, 2.05) is 6.07 Å². The maximum Gasteiger partial charge on any atom is 0.127 e. The summed E-state index contributed by atoms with van der Waals surface area (Å²) in [5, 5.41) is 10.4. The van der Waals surface area contributed by atoms with Crippen molar-refractivity contribution in [2.24, 2.45) is 0 Å². The van der Waals surface area contributed by atoms with Crippen LogP contribution in [0.4, 0.5) is 0 Å². The van der Waals surface area contributed by atoms with Gasteiger partial charge in [0.25, 0.3) is 0 Å². The van der Waals surface area contributed by atoms with Crippen LogP contribution >= 0.6 is 0 Å². The zero-order valence-electron chi connectivity index (χ0n) is 15.0. The minimum Gasteiger partial charge on any atom is -0.508 e. The van der Waals surface area contributed by atoms with E-state index in [1.165, 1.54) is 31.2 Å². The van der Waals surface area contributed by atoms with Crippen molar-refractivity contribution < 1.29 is 9.84 Å². The van der Waals surface area contributed by atoms with Gasteiger partial charge in [0.1, 0.15) is 17.1 Å². The van der Waals surface area contributed by atoms with Gasteiger partial charge in [-0.2, -0.15) is 0 Å². The molecule has 1 aromatic rings. The molecule has 1 N–H and O–H groups in total. The van der Waals surface area contributed by atoms with Crippen LogP contribution < -0.4 is 4.74 Å². The average Bonchev–Trinajstić information content (AvgIpc) is 2.42. The molecule has 1 aliphatic rings. The number of ether oxygens (including phenoxy) is 1. The van der Waals surface area contributed by atoms with E-state index in [0.29, 0.717) is 5.75 Å². The molecule has 2 heteroatoms. The van der Waals surface area contributed by atoms with Crippen molar-refractivity contribution in [3.8, 4) is 11.5 Å². The third-order valence-electron chi connectivity index (χ3n) is 4.99. The smallest absolute Gasteiger partial charge is 0.127 e. The Labute approximate surface area is 135 Å². The lowest BCUT2D eigenvalue weighted by molar-refractivity contribution is 0.0834. The first-order chi connectivity index (χ1) is 10.2. The fourth-order valence-corrected chi connectivity index (χ4v) is 3.28. The molecule has 0 bridgehead atoms. The summed E-state index contributed by atoms with van der Waals surface area (Å²) in [6.45, 7) is 11.0. The van der Waals surface area contributed by atoms with Gasteiger partial charge in [-0.05, 0) is 56.2 Å². The Hall–Kier alpha value is -1.18. The second kappa shape index (κ2) is 6.52. The van der Waals surface area contributed by atoms with Crippen LogP contribution in [0.25, 0.3) is 0 Å². The fraction of sp³-hybridized carbons (Fsp3) is 0.700. The maximum atomic E-state index is 10.4. The van der Waals surface area contributed by atoms with Crippen molar-refractivity contribution >= 4 is 0 Å². The molecule has 124 valence electrons. The monoisotopic (exact) mass is 304 g/mol. The van der Waals surface area contributed by atoms with Crippen molar-refractivity contribution in [3.63, 3.8) is 0 Å². The molecule has 0 aliphatic carbocycles. The van der Waals surface area contributed by atoms with E-state index in [-0.39, 0.29) is 11.0 Å². The molecule has 0 unspecified atom stereocenters. The van der Waals surface area contributed by atoms with E-state index >= 15 is 0 Å². The largest absolute Gasteiger partial charge is 0.508 e. The quantitative estimate of drug-likeness (QED) is 0.679. The highest BCUT2D eigenvalue weighted by molar-refractivity contribution is 5.50. The Kier molecular flexibility index (Phi) is 5.09. The first-order valence-electron chi connectivity index (χ1n) is 8.80. The molecule has 0 fully saturated rings. The molecule has 1 aliphatic heterocycles. The number of phenols is 1. The lowest BCUT2D eigenvalue weighted by atomic mass is 9.78. The maximum absolute atomic E-state index is 10.4. The Morgan fingerprint density at radius 3 is 2.59 bits per heavy atom. The zero-order valence-corrected chi connectivity index (χ0v) is 15.0. The number of aromatic hydroxyl groups is 1. The summed E-state index contributed by atoms with van der Waals surface area (Å²) in [5.41, 5.74) is 2.11. The summed E-state index contributed by atoms with van der Waals surface area (Å²) in [6, 6.07) is 4.12. The molecule has 0 saturated carbocycles. The predicted molar refractivity (Wildman–Crippen MR) is 92.9 cm³/mol. The molecule has 2 rings (SSSR count). The van der Waals surface area contributed by atoms with Crippen LogP contribution in [0.1, 0.15) is 84.3 Å². The van der Waals surface area contributed by atoms with Gasteiger partial charge < -0.3 is 9.84 Å². The number of fused-ring (bicyclic) bond motifs is 1. The molecular weight excluding hydrogens is 272 g/mol. The standard InChI is InChI=1S/C20H32O2/c1-6-7-8-9-11-19(2,3)15-13-17(21)16-10-12-20(4,5)22-18(16)14-15/h13-14,21H,6-12H2,1-5H3. The van der Waals surface area contributed by atoms with Crippen molar-refractivity contribution in [2.45, 2.75) is 90.6 Å². The molecule has 22 heavy (non-hydrogen) atoms. The first kappa shape index (κ1) is 17.2. The van der Waals surface area contributed by atoms with Crippen LogP contribution in [0.5, 0.6) is 11.5 Å². The van der Waals surface area contributed by atoms with Crippen molar-refractivity contribution in [3.05, 3.63) is 23.3 Å². The van der Waals surface area contributed by atoms with E-state index in [0.717, 1.165) is 30.6 Å². The summed E-state index contributed by atoms with van der Waals surface area (Å²) < 4.78 is 6.12. The number of benzene rings is 1. The SMILES string of the molecule is CCCCCCC(C)(C)c1cc(O)c2c(c1)OC(C)(C)CC2. The van der Waals surface area contributed by atoms with E-state index in [9.17, 15) is 5.11 Å². The van der Waals surface area contributed by atoms with Gasteiger partial charge >= 0.3 is 0 Å². The van der Waals surface area contributed by atoms with Crippen LogP contribution in [0.3, 0.4) is 0 Å². The fourth-order valence-electron chi connectivity index (χ4n) is 3.28. The Morgan fingerprint density at radius 2 is 1.91 bits per heavy atom. The van der Waals surface area contributed by atoms with E-state index in [4.69, 9.17) is 4.74 Å². The summed E-state index contributed by atoms with van der Waals surface area (Å²) in [6.07, 6.45) is 8.10. The Morgan fingerprint density at radius 1 is 1.18 bits per heavy atom. The molecular formula is C20H32O2. The predicted octanol–water partition coefficient (Wildman–Crippen LogP) is 5.74. The number of unbranched alkanes of at least 4 members (excludes halogenated alkanes) is 3. The highest BCUT2D eigenvalue weighted by atomic mass is 16.5. The highest BCUT2D eigenvalue weighted by Crippen LogP contribution is 2.42. The summed E-state index contributed by atoms with van der Waals surface area (Å²) in [4.78, 5) is 0. The van der Waals surface area contributed by atoms with Crippen LogP contribution in [-0.4, -0.2) is 10.7 Å². The van der Waals surface area contributed by atoms with Crippen molar-refractivity contribution in [1.82, 2.24) is 0 Å². The van der Waals surface area contributed by atoms with Gasteiger partial charge in [0, 0.05) is 5.56 Å². The summed E-state index contributed by atoms with van der Waals surface area (Å²) in [5.74, 6) is 1.29. The molecule has 0 spiro atoms. The molecule has 0 saturated heterocycles. The van der Waals surface area contributed by atoms with E-state index in [2.05, 4.69) is 40.7 Å². The van der Waals surface area contributed by atoms with Gasteiger partial charge in [0.05, 0.1) is 0 Å². The molecule has 0 radical (unpaired) electrons. The van der Waals surface area contributed by atoms with Gasteiger partial charge in [0.15, 0.2) is 0 Å².